The number of fused-ring (bicyclic) bond motifs is 1. The molecular formula is C18H18FN3O. The number of anilines is 1. The minimum absolute atomic E-state index is 0.109. The third-order valence-electron chi connectivity index (χ3n) is 3.94. The molecule has 0 saturated heterocycles. The lowest BCUT2D eigenvalue weighted by atomic mass is 10.1. The van der Waals surface area contributed by atoms with Crippen LogP contribution in [0.5, 0.6) is 0 Å². The molecule has 0 bridgehead atoms. The maximum Gasteiger partial charge on any atom is 0.226 e. The summed E-state index contributed by atoms with van der Waals surface area (Å²) < 4.78 is 14.8. The molecule has 4 nitrogen and oxygen atoms in total. The van der Waals surface area contributed by atoms with Crippen LogP contribution in [0.25, 0.3) is 11.0 Å². The molecule has 1 amide bonds. The van der Waals surface area contributed by atoms with Crippen LogP contribution in [0, 0.1) is 19.7 Å². The molecule has 3 aromatic rings. The molecule has 0 aliphatic rings. The van der Waals surface area contributed by atoms with E-state index >= 15 is 0 Å². The molecule has 0 aliphatic carbocycles. The number of aromatic nitrogens is 2. The molecule has 2 aromatic carbocycles. The Kier molecular flexibility index (Phi) is 4.10. The zero-order chi connectivity index (χ0) is 16.4. The molecule has 0 radical (unpaired) electrons. The van der Waals surface area contributed by atoms with Crippen molar-refractivity contribution in [2.45, 2.75) is 26.8 Å². The van der Waals surface area contributed by atoms with Gasteiger partial charge in [-0.15, -0.1) is 0 Å². The largest absolute Gasteiger partial charge is 0.330 e. The number of amides is 1. The summed E-state index contributed by atoms with van der Waals surface area (Å²) in [7, 11) is 0. The van der Waals surface area contributed by atoms with E-state index in [0.717, 1.165) is 11.0 Å². The molecule has 0 fully saturated rings. The number of rotatable bonds is 4. The second-order valence-electron chi connectivity index (χ2n) is 5.67. The first kappa shape index (κ1) is 15.2. The molecule has 0 spiro atoms. The number of carbonyl (C=O) groups excluding carboxylic acids is 1. The van der Waals surface area contributed by atoms with Crippen LogP contribution in [-0.2, 0) is 11.3 Å². The van der Waals surface area contributed by atoms with Gasteiger partial charge in [0.05, 0.1) is 17.4 Å². The van der Waals surface area contributed by atoms with Crippen LogP contribution in [0.4, 0.5) is 10.1 Å². The number of hydrogen-bond donors (Lipinski definition) is 1. The van der Waals surface area contributed by atoms with E-state index in [1.807, 2.05) is 4.57 Å². The molecule has 0 aliphatic heterocycles. The lowest BCUT2D eigenvalue weighted by Crippen LogP contribution is -2.14. The van der Waals surface area contributed by atoms with Crippen LogP contribution in [-0.4, -0.2) is 15.5 Å². The van der Waals surface area contributed by atoms with E-state index in [4.69, 9.17) is 0 Å². The SMILES string of the molecule is Cc1cc2ncn(CCC(=O)Nc3ccc(F)cc3)c2cc1C. The summed E-state index contributed by atoms with van der Waals surface area (Å²) in [5.41, 5.74) is 4.97. The van der Waals surface area contributed by atoms with Gasteiger partial charge in [0.1, 0.15) is 5.82 Å². The average molecular weight is 311 g/mol. The quantitative estimate of drug-likeness (QED) is 0.796. The third kappa shape index (κ3) is 3.39. The summed E-state index contributed by atoms with van der Waals surface area (Å²) >= 11 is 0. The number of carbonyl (C=O) groups is 1. The first-order chi connectivity index (χ1) is 11.0. The van der Waals surface area contributed by atoms with E-state index < -0.39 is 0 Å². The Morgan fingerprint density at radius 2 is 1.87 bits per heavy atom. The summed E-state index contributed by atoms with van der Waals surface area (Å²) in [6.07, 6.45) is 2.09. The number of hydrogen-bond acceptors (Lipinski definition) is 2. The number of benzene rings is 2. The van der Waals surface area contributed by atoms with Crippen LogP contribution in [0.3, 0.4) is 0 Å². The van der Waals surface area contributed by atoms with Gasteiger partial charge >= 0.3 is 0 Å². The predicted molar refractivity (Wildman–Crippen MR) is 88.9 cm³/mol. The minimum atomic E-state index is -0.321. The number of imidazole rings is 1. The second-order valence-corrected chi connectivity index (χ2v) is 5.67. The molecule has 0 saturated carbocycles. The molecular weight excluding hydrogens is 293 g/mol. The normalized spacial score (nSPS) is 10.9. The standard InChI is InChI=1S/C18H18FN3O/c1-12-9-16-17(10-13(12)2)22(11-20-16)8-7-18(23)21-15-5-3-14(19)4-6-15/h3-6,9-11H,7-8H2,1-2H3,(H,21,23). The Bertz CT molecular complexity index is 853. The molecule has 1 heterocycles. The Morgan fingerprint density at radius 1 is 1.17 bits per heavy atom. The molecule has 118 valence electrons. The van der Waals surface area contributed by atoms with Gasteiger partial charge in [0.25, 0.3) is 0 Å². The monoisotopic (exact) mass is 311 g/mol. The summed E-state index contributed by atoms with van der Waals surface area (Å²) in [5.74, 6) is -0.430. The highest BCUT2D eigenvalue weighted by Gasteiger charge is 2.08. The van der Waals surface area contributed by atoms with E-state index in [2.05, 4.69) is 36.3 Å². The van der Waals surface area contributed by atoms with Crippen LogP contribution < -0.4 is 5.32 Å². The highest BCUT2D eigenvalue weighted by Crippen LogP contribution is 2.18. The number of nitrogens with one attached hydrogen (secondary N) is 1. The third-order valence-corrected chi connectivity index (χ3v) is 3.94. The van der Waals surface area contributed by atoms with Crippen molar-refractivity contribution >= 4 is 22.6 Å². The van der Waals surface area contributed by atoms with Gasteiger partial charge in [-0.05, 0) is 61.4 Å². The highest BCUT2D eigenvalue weighted by molar-refractivity contribution is 5.90. The van der Waals surface area contributed by atoms with Crippen LogP contribution in [0.1, 0.15) is 17.5 Å². The lowest BCUT2D eigenvalue weighted by molar-refractivity contribution is -0.116. The van der Waals surface area contributed by atoms with Gasteiger partial charge in [0.15, 0.2) is 0 Å². The van der Waals surface area contributed by atoms with Crippen molar-refractivity contribution in [1.82, 2.24) is 9.55 Å². The van der Waals surface area contributed by atoms with E-state index in [1.54, 1.807) is 18.5 Å². The van der Waals surface area contributed by atoms with Gasteiger partial charge in [-0.25, -0.2) is 9.37 Å². The number of halogens is 1. The number of aryl methyl sites for hydroxylation is 3. The van der Waals surface area contributed by atoms with Crippen molar-refractivity contribution in [2.24, 2.45) is 0 Å². The lowest BCUT2D eigenvalue weighted by Gasteiger charge is -2.07. The van der Waals surface area contributed by atoms with Gasteiger partial charge in [-0.1, -0.05) is 0 Å². The van der Waals surface area contributed by atoms with Crippen molar-refractivity contribution in [1.29, 1.82) is 0 Å². The highest BCUT2D eigenvalue weighted by atomic mass is 19.1. The fraction of sp³-hybridized carbons (Fsp3) is 0.222. The maximum absolute atomic E-state index is 12.8. The van der Waals surface area contributed by atoms with Crippen molar-refractivity contribution in [3.05, 3.63) is 59.7 Å². The molecule has 0 atom stereocenters. The predicted octanol–water partition coefficient (Wildman–Crippen LogP) is 3.82. The van der Waals surface area contributed by atoms with Crippen LogP contribution in [0.15, 0.2) is 42.7 Å². The van der Waals surface area contributed by atoms with Gasteiger partial charge in [-0.3, -0.25) is 4.79 Å². The first-order valence-electron chi connectivity index (χ1n) is 7.50. The summed E-state index contributed by atoms with van der Waals surface area (Å²) in [6.45, 7) is 4.67. The topological polar surface area (TPSA) is 46.9 Å². The van der Waals surface area contributed by atoms with E-state index in [0.29, 0.717) is 18.7 Å². The molecule has 1 aromatic heterocycles. The van der Waals surface area contributed by atoms with Gasteiger partial charge in [0.2, 0.25) is 5.91 Å². The fourth-order valence-electron chi connectivity index (χ4n) is 2.47. The molecule has 0 unspecified atom stereocenters. The van der Waals surface area contributed by atoms with Gasteiger partial charge in [0, 0.05) is 18.7 Å². The molecule has 5 heteroatoms. The Balaban J connectivity index is 1.67. The van der Waals surface area contributed by atoms with Crippen molar-refractivity contribution in [3.63, 3.8) is 0 Å². The van der Waals surface area contributed by atoms with Gasteiger partial charge < -0.3 is 9.88 Å². The van der Waals surface area contributed by atoms with Crippen molar-refractivity contribution in [3.8, 4) is 0 Å². The smallest absolute Gasteiger partial charge is 0.226 e. The van der Waals surface area contributed by atoms with E-state index in [1.165, 1.54) is 23.3 Å². The minimum Gasteiger partial charge on any atom is -0.330 e. The molecule has 23 heavy (non-hydrogen) atoms. The Morgan fingerprint density at radius 3 is 2.61 bits per heavy atom. The Labute approximate surface area is 134 Å². The summed E-state index contributed by atoms with van der Waals surface area (Å²) in [5, 5.41) is 2.76. The van der Waals surface area contributed by atoms with Gasteiger partial charge in [-0.2, -0.15) is 0 Å². The Hall–Kier alpha value is -2.69. The average Bonchev–Trinajstić information content (AvgIpc) is 2.90. The zero-order valence-electron chi connectivity index (χ0n) is 13.1. The van der Waals surface area contributed by atoms with Crippen LogP contribution in [0.2, 0.25) is 0 Å². The first-order valence-corrected chi connectivity index (χ1v) is 7.50. The summed E-state index contributed by atoms with van der Waals surface area (Å²) in [4.78, 5) is 16.4. The second kappa shape index (κ2) is 6.20. The van der Waals surface area contributed by atoms with Crippen LogP contribution >= 0.6 is 0 Å². The zero-order valence-corrected chi connectivity index (χ0v) is 13.1. The molecule has 1 N–H and O–H groups in total. The number of nitrogens with zero attached hydrogens (tertiary/aromatic N) is 2. The van der Waals surface area contributed by atoms with Crippen molar-refractivity contribution < 1.29 is 9.18 Å². The van der Waals surface area contributed by atoms with E-state index in [-0.39, 0.29) is 11.7 Å². The summed E-state index contributed by atoms with van der Waals surface area (Å²) in [6, 6.07) is 9.89. The fourth-order valence-corrected chi connectivity index (χ4v) is 2.47. The van der Waals surface area contributed by atoms with E-state index in [9.17, 15) is 9.18 Å². The van der Waals surface area contributed by atoms with Crippen molar-refractivity contribution in [2.75, 3.05) is 5.32 Å². The molecule has 3 rings (SSSR count). The maximum atomic E-state index is 12.8.